The molecule has 1 saturated carbocycles. The molecule has 2 heterocycles. The number of hydrogen-bond donors (Lipinski definition) is 1. The van der Waals surface area contributed by atoms with Crippen LogP contribution in [0.2, 0.25) is 5.15 Å². The summed E-state index contributed by atoms with van der Waals surface area (Å²) >= 11 is 5.95. The van der Waals surface area contributed by atoms with Crippen LogP contribution in [-0.4, -0.2) is 23.1 Å². The summed E-state index contributed by atoms with van der Waals surface area (Å²) in [6.07, 6.45) is 6.92. The zero-order chi connectivity index (χ0) is 11.8. The third-order valence-electron chi connectivity index (χ3n) is 3.96. The van der Waals surface area contributed by atoms with Crippen LogP contribution in [0.25, 0.3) is 0 Å². The maximum atomic E-state index is 5.97. The van der Waals surface area contributed by atoms with Gasteiger partial charge in [-0.3, -0.25) is 0 Å². The average Bonchev–Trinajstić information content (AvgIpc) is 2.32. The molecular formula is C12H17ClN4. The minimum atomic E-state index is 0.366. The normalized spacial score (nSPS) is 28.2. The topological polar surface area (TPSA) is 55.0 Å². The molecule has 0 aromatic carbocycles. The fourth-order valence-corrected chi connectivity index (χ4v) is 3.35. The van der Waals surface area contributed by atoms with Gasteiger partial charge in [0.05, 0.1) is 0 Å². The lowest BCUT2D eigenvalue weighted by molar-refractivity contribution is 0.230. The van der Waals surface area contributed by atoms with Gasteiger partial charge < -0.3 is 10.6 Å². The van der Waals surface area contributed by atoms with Crippen molar-refractivity contribution < 1.29 is 0 Å². The van der Waals surface area contributed by atoms with Crippen LogP contribution in [0.3, 0.4) is 0 Å². The highest BCUT2D eigenvalue weighted by Gasteiger charge is 2.31. The Bertz CT molecular complexity index is 411. The van der Waals surface area contributed by atoms with E-state index in [-0.39, 0.29) is 0 Å². The van der Waals surface area contributed by atoms with Gasteiger partial charge in [-0.15, -0.1) is 0 Å². The Labute approximate surface area is 106 Å². The number of piperidine rings is 1. The molecule has 0 spiro atoms. The third kappa shape index (κ3) is 2.06. The van der Waals surface area contributed by atoms with E-state index in [1.54, 1.807) is 0 Å². The summed E-state index contributed by atoms with van der Waals surface area (Å²) in [5, 5.41) is 0.366. The number of fused-ring (bicyclic) bond motifs is 2. The summed E-state index contributed by atoms with van der Waals surface area (Å²) in [7, 11) is 0. The molecule has 1 aliphatic heterocycles. The van der Waals surface area contributed by atoms with Gasteiger partial charge in [-0.2, -0.15) is 0 Å². The van der Waals surface area contributed by atoms with Gasteiger partial charge in [-0.05, 0) is 31.1 Å². The number of hydrogen-bond acceptors (Lipinski definition) is 4. The summed E-state index contributed by atoms with van der Waals surface area (Å²) in [6.45, 7) is 2.13. The second-order valence-corrected chi connectivity index (χ2v) is 5.56. The van der Waals surface area contributed by atoms with Gasteiger partial charge in [0.15, 0.2) is 11.0 Å². The van der Waals surface area contributed by atoms with Crippen molar-refractivity contribution in [2.24, 2.45) is 11.8 Å². The lowest BCUT2D eigenvalue weighted by Gasteiger charge is -2.42. The number of nitrogens with zero attached hydrogens (tertiary/aromatic N) is 3. The van der Waals surface area contributed by atoms with Crippen LogP contribution in [0.1, 0.15) is 25.7 Å². The Balaban J connectivity index is 1.86. The van der Waals surface area contributed by atoms with Crippen LogP contribution in [-0.2, 0) is 0 Å². The number of rotatable bonds is 1. The Morgan fingerprint density at radius 1 is 1.24 bits per heavy atom. The molecule has 0 amide bonds. The van der Waals surface area contributed by atoms with Crippen molar-refractivity contribution in [3.63, 3.8) is 0 Å². The standard InChI is InChI=1S/C12H17ClN4/c13-11-10(14)12(16-7-15-11)17-5-8-2-1-3-9(4-8)6-17/h7-9H,1-6,14H2. The van der Waals surface area contributed by atoms with E-state index in [0.29, 0.717) is 10.8 Å². The summed E-state index contributed by atoms with van der Waals surface area (Å²) < 4.78 is 0. The first-order chi connectivity index (χ1) is 8.24. The summed E-state index contributed by atoms with van der Waals surface area (Å²) in [5.74, 6) is 2.42. The Morgan fingerprint density at radius 3 is 2.65 bits per heavy atom. The Hall–Kier alpha value is -1.03. The third-order valence-corrected chi connectivity index (χ3v) is 4.26. The van der Waals surface area contributed by atoms with Crippen LogP contribution in [0.5, 0.6) is 0 Å². The second-order valence-electron chi connectivity index (χ2n) is 5.21. The van der Waals surface area contributed by atoms with E-state index in [4.69, 9.17) is 17.3 Å². The van der Waals surface area contributed by atoms with E-state index in [2.05, 4.69) is 14.9 Å². The van der Waals surface area contributed by atoms with E-state index in [9.17, 15) is 0 Å². The van der Waals surface area contributed by atoms with E-state index in [0.717, 1.165) is 30.7 Å². The van der Waals surface area contributed by atoms with Crippen LogP contribution >= 0.6 is 11.6 Å². The van der Waals surface area contributed by atoms with Crippen LogP contribution in [0.4, 0.5) is 11.5 Å². The molecule has 5 heteroatoms. The molecule has 1 aromatic heterocycles. The predicted octanol–water partition coefficient (Wildman–Crippen LogP) is 2.34. The van der Waals surface area contributed by atoms with Crippen molar-refractivity contribution >= 4 is 23.1 Å². The molecule has 2 N–H and O–H groups in total. The number of nitrogens with two attached hydrogens (primary N) is 1. The number of aromatic nitrogens is 2. The van der Waals surface area contributed by atoms with Crippen LogP contribution < -0.4 is 10.6 Å². The van der Waals surface area contributed by atoms with Crippen molar-refractivity contribution in [2.75, 3.05) is 23.7 Å². The van der Waals surface area contributed by atoms with Gasteiger partial charge in [0.25, 0.3) is 0 Å². The second kappa shape index (κ2) is 4.33. The van der Waals surface area contributed by atoms with Gasteiger partial charge in [0, 0.05) is 13.1 Å². The molecule has 4 nitrogen and oxygen atoms in total. The number of halogens is 1. The molecule has 1 saturated heterocycles. The highest BCUT2D eigenvalue weighted by molar-refractivity contribution is 6.32. The smallest absolute Gasteiger partial charge is 0.157 e. The summed E-state index contributed by atoms with van der Waals surface area (Å²) in [4.78, 5) is 10.5. The molecule has 2 bridgehead atoms. The number of nitrogen functional groups attached to an aromatic ring is 1. The molecule has 1 aliphatic carbocycles. The van der Waals surface area contributed by atoms with Gasteiger partial charge in [-0.25, -0.2) is 9.97 Å². The molecule has 2 atom stereocenters. The van der Waals surface area contributed by atoms with Crippen molar-refractivity contribution in [1.82, 2.24) is 9.97 Å². The van der Waals surface area contributed by atoms with Crippen LogP contribution in [0.15, 0.2) is 6.33 Å². The maximum Gasteiger partial charge on any atom is 0.157 e. The lowest BCUT2D eigenvalue weighted by Crippen LogP contribution is -2.43. The Kier molecular flexibility index (Phi) is 2.82. The van der Waals surface area contributed by atoms with Crippen molar-refractivity contribution in [3.8, 4) is 0 Å². The van der Waals surface area contributed by atoms with E-state index in [1.165, 1.54) is 32.0 Å². The molecule has 2 unspecified atom stereocenters. The van der Waals surface area contributed by atoms with E-state index < -0.39 is 0 Å². The molecule has 1 aromatic rings. The fourth-order valence-electron chi connectivity index (χ4n) is 3.22. The maximum absolute atomic E-state index is 5.97. The largest absolute Gasteiger partial charge is 0.393 e. The first-order valence-corrected chi connectivity index (χ1v) is 6.62. The van der Waals surface area contributed by atoms with Crippen molar-refractivity contribution in [3.05, 3.63) is 11.5 Å². The summed E-state index contributed by atoms with van der Waals surface area (Å²) in [6, 6.07) is 0. The van der Waals surface area contributed by atoms with Gasteiger partial charge in [-0.1, -0.05) is 18.0 Å². The Morgan fingerprint density at radius 2 is 1.94 bits per heavy atom. The minimum absolute atomic E-state index is 0.366. The molecule has 2 fully saturated rings. The molecule has 92 valence electrons. The van der Waals surface area contributed by atoms with Gasteiger partial charge in [0.1, 0.15) is 12.0 Å². The van der Waals surface area contributed by atoms with Crippen molar-refractivity contribution in [1.29, 1.82) is 0 Å². The lowest BCUT2D eigenvalue weighted by atomic mass is 9.78. The molecular weight excluding hydrogens is 236 g/mol. The molecule has 2 aliphatic rings. The first-order valence-electron chi connectivity index (χ1n) is 6.25. The van der Waals surface area contributed by atoms with E-state index in [1.807, 2.05) is 0 Å². The molecule has 3 rings (SSSR count). The zero-order valence-electron chi connectivity index (χ0n) is 9.77. The van der Waals surface area contributed by atoms with Gasteiger partial charge >= 0.3 is 0 Å². The number of anilines is 2. The quantitative estimate of drug-likeness (QED) is 0.780. The minimum Gasteiger partial charge on any atom is -0.393 e. The van der Waals surface area contributed by atoms with Crippen molar-refractivity contribution in [2.45, 2.75) is 25.7 Å². The van der Waals surface area contributed by atoms with E-state index >= 15 is 0 Å². The fraction of sp³-hybridized carbons (Fsp3) is 0.667. The predicted molar refractivity (Wildman–Crippen MR) is 69.1 cm³/mol. The van der Waals surface area contributed by atoms with Gasteiger partial charge in [0.2, 0.25) is 0 Å². The average molecular weight is 253 g/mol. The monoisotopic (exact) mass is 252 g/mol. The van der Waals surface area contributed by atoms with Crippen LogP contribution in [0, 0.1) is 11.8 Å². The SMILES string of the molecule is Nc1c(Cl)ncnc1N1CC2CCCC(C2)C1. The molecule has 17 heavy (non-hydrogen) atoms. The first kappa shape index (κ1) is 11.1. The highest BCUT2D eigenvalue weighted by Crippen LogP contribution is 2.37. The summed E-state index contributed by atoms with van der Waals surface area (Å²) in [5.41, 5.74) is 6.49. The molecule has 0 radical (unpaired) electrons. The highest BCUT2D eigenvalue weighted by atomic mass is 35.5. The zero-order valence-corrected chi connectivity index (χ0v) is 10.5.